The van der Waals surface area contributed by atoms with Gasteiger partial charge in [0.25, 0.3) is 0 Å². The average Bonchev–Trinajstić information content (AvgIpc) is 2.91. The maximum Gasteiger partial charge on any atom is 0.451 e. The lowest BCUT2D eigenvalue weighted by atomic mass is 10.2. The molecule has 1 saturated heterocycles. The van der Waals surface area contributed by atoms with Crippen molar-refractivity contribution in [2.45, 2.75) is 38.5 Å². The predicted octanol–water partition coefficient (Wildman–Crippen LogP) is 2.91. The van der Waals surface area contributed by atoms with Crippen LogP contribution < -0.4 is 10.6 Å². The van der Waals surface area contributed by atoms with E-state index < -0.39 is 12.0 Å². The van der Waals surface area contributed by atoms with Crippen LogP contribution >= 0.6 is 0 Å². The van der Waals surface area contributed by atoms with Gasteiger partial charge < -0.3 is 15.4 Å². The van der Waals surface area contributed by atoms with Crippen molar-refractivity contribution < 1.29 is 17.9 Å². The van der Waals surface area contributed by atoms with E-state index in [4.69, 9.17) is 4.74 Å². The van der Waals surface area contributed by atoms with Crippen LogP contribution in [0.4, 0.5) is 24.8 Å². The highest BCUT2D eigenvalue weighted by molar-refractivity contribution is 5.47. The molecule has 2 heterocycles. The van der Waals surface area contributed by atoms with Crippen molar-refractivity contribution in [1.29, 1.82) is 0 Å². The van der Waals surface area contributed by atoms with Crippen molar-refractivity contribution in [2.75, 3.05) is 30.3 Å². The summed E-state index contributed by atoms with van der Waals surface area (Å²) in [5.74, 6) is -0.800. The quantitative estimate of drug-likeness (QED) is 0.846. The number of hydrogen-bond acceptors (Lipinski definition) is 5. The third-order valence-electron chi connectivity index (χ3n) is 3.13. The Kier molecular flexibility index (Phi) is 5.22. The Morgan fingerprint density at radius 2 is 2.00 bits per heavy atom. The number of nitrogens with zero attached hydrogens (tertiary/aromatic N) is 2. The van der Waals surface area contributed by atoms with Crippen molar-refractivity contribution in [2.24, 2.45) is 0 Å². The Hall–Kier alpha value is -1.57. The maximum absolute atomic E-state index is 12.8. The minimum Gasteiger partial charge on any atom is -0.378 e. The van der Waals surface area contributed by atoms with Crippen LogP contribution in [-0.4, -0.2) is 35.8 Å². The number of nitrogens with one attached hydrogen (secondary N) is 2. The summed E-state index contributed by atoms with van der Waals surface area (Å²) >= 11 is 0. The molecule has 0 spiro atoms. The maximum atomic E-state index is 12.8. The highest BCUT2D eigenvalue weighted by Crippen LogP contribution is 2.28. The van der Waals surface area contributed by atoms with Crippen molar-refractivity contribution in [3.05, 3.63) is 11.9 Å². The summed E-state index contributed by atoms with van der Waals surface area (Å²) in [5.41, 5.74) is 0. The van der Waals surface area contributed by atoms with Crippen LogP contribution in [0.15, 0.2) is 6.07 Å². The zero-order valence-electron chi connectivity index (χ0n) is 11.8. The summed E-state index contributed by atoms with van der Waals surface area (Å²) in [6.45, 7) is 3.56. The summed E-state index contributed by atoms with van der Waals surface area (Å²) < 4.78 is 43.7. The molecular weight excluding hydrogens is 285 g/mol. The molecular formula is C13H19F3N4O. The summed E-state index contributed by atoms with van der Waals surface area (Å²) in [7, 11) is 0. The molecule has 2 rings (SSSR count). The second-order valence-electron chi connectivity index (χ2n) is 4.84. The van der Waals surface area contributed by atoms with Crippen LogP contribution in [0.5, 0.6) is 0 Å². The van der Waals surface area contributed by atoms with Crippen LogP contribution in [0.3, 0.4) is 0 Å². The molecule has 1 aromatic heterocycles. The van der Waals surface area contributed by atoms with Crippen LogP contribution in [0.2, 0.25) is 0 Å². The topological polar surface area (TPSA) is 59.1 Å². The monoisotopic (exact) mass is 304 g/mol. The SMILES string of the molecule is CCNc1cc(NCCC2CCCO2)nc(C(F)(F)F)n1. The van der Waals surface area contributed by atoms with Gasteiger partial charge in [-0.3, -0.25) is 0 Å². The molecule has 1 unspecified atom stereocenters. The van der Waals surface area contributed by atoms with Gasteiger partial charge in [0.15, 0.2) is 0 Å². The molecule has 1 fully saturated rings. The van der Waals surface area contributed by atoms with Gasteiger partial charge in [0.05, 0.1) is 6.10 Å². The molecule has 5 nitrogen and oxygen atoms in total. The summed E-state index contributed by atoms with van der Waals surface area (Å²) in [5, 5.41) is 5.69. The molecule has 21 heavy (non-hydrogen) atoms. The first-order chi connectivity index (χ1) is 9.99. The van der Waals surface area contributed by atoms with E-state index in [0.29, 0.717) is 13.1 Å². The van der Waals surface area contributed by atoms with E-state index in [0.717, 1.165) is 25.9 Å². The Bertz CT molecular complexity index is 461. The normalized spacial score (nSPS) is 18.8. The van der Waals surface area contributed by atoms with E-state index in [1.54, 1.807) is 6.92 Å². The van der Waals surface area contributed by atoms with Crippen molar-refractivity contribution in [3.63, 3.8) is 0 Å². The first-order valence-corrected chi connectivity index (χ1v) is 7.04. The van der Waals surface area contributed by atoms with Gasteiger partial charge in [-0.15, -0.1) is 0 Å². The molecule has 118 valence electrons. The lowest BCUT2D eigenvalue weighted by Crippen LogP contribution is -2.17. The third kappa shape index (κ3) is 4.73. The smallest absolute Gasteiger partial charge is 0.378 e. The van der Waals surface area contributed by atoms with Crippen LogP contribution in [0, 0.1) is 0 Å². The molecule has 0 radical (unpaired) electrons. The van der Waals surface area contributed by atoms with E-state index in [1.807, 2.05) is 0 Å². The van der Waals surface area contributed by atoms with Gasteiger partial charge in [0.2, 0.25) is 5.82 Å². The van der Waals surface area contributed by atoms with Crippen LogP contribution in [0.25, 0.3) is 0 Å². The zero-order valence-corrected chi connectivity index (χ0v) is 11.8. The first-order valence-electron chi connectivity index (χ1n) is 7.04. The summed E-state index contributed by atoms with van der Waals surface area (Å²) in [6.07, 6.45) is -1.57. The lowest BCUT2D eigenvalue weighted by Gasteiger charge is -2.13. The van der Waals surface area contributed by atoms with Crippen molar-refractivity contribution >= 4 is 11.6 Å². The van der Waals surface area contributed by atoms with Gasteiger partial charge >= 0.3 is 6.18 Å². The van der Waals surface area contributed by atoms with Gasteiger partial charge in [0, 0.05) is 25.8 Å². The van der Waals surface area contributed by atoms with Gasteiger partial charge in [-0.2, -0.15) is 13.2 Å². The fourth-order valence-electron chi connectivity index (χ4n) is 2.17. The van der Waals surface area contributed by atoms with Gasteiger partial charge in [-0.25, -0.2) is 9.97 Å². The van der Waals surface area contributed by atoms with Crippen LogP contribution in [-0.2, 0) is 10.9 Å². The number of rotatable bonds is 6. The van der Waals surface area contributed by atoms with Crippen LogP contribution in [0.1, 0.15) is 32.0 Å². The molecule has 0 amide bonds. The van der Waals surface area contributed by atoms with E-state index in [9.17, 15) is 13.2 Å². The Morgan fingerprint density at radius 3 is 2.57 bits per heavy atom. The Labute approximate surface area is 121 Å². The zero-order chi connectivity index (χ0) is 15.3. The first kappa shape index (κ1) is 15.8. The molecule has 8 heteroatoms. The van der Waals surface area contributed by atoms with E-state index >= 15 is 0 Å². The Morgan fingerprint density at radius 1 is 1.29 bits per heavy atom. The number of halogens is 3. The molecule has 2 N–H and O–H groups in total. The molecule has 1 aliphatic rings. The van der Waals surface area contributed by atoms with Crippen molar-refractivity contribution in [1.82, 2.24) is 9.97 Å². The second kappa shape index (κ2) is 6.93. The van der Waals surface area contributed by atoms with Crippen molar-refractivity contribution in [3.8, 4) is 0 Å². The number of hydrogen-bond donors (Lipinski definition) is 2. The molecule has 0 aromatic carbocycles. The number of anilines is 2. The van der Waals surface area contributed by atoms with Gasteiger partial charge in [-0.1, -0.05) is 0 Å². The number of ether oxygens (including phenoxy) is 1. The molecule has 1 aromatic rings. The highest BCUT2D eigenvalue weighted by atomic mass is 19.4. The lowest BCUT2D eigenvalue weighted by molar-refractivity contribution is -0.144. The molecule has 1 aliphatic heterocycles. The second-order valence-corrected chi connectivity index (χ2v) is 4.84. The minimum atomic E-state index is -4.56. The molecule has 0 saturated carbocycles. The highest BCUT2D eigenvalue weighted by Gasteiger charge is 2.35. The number of aromatic nitrogens is 2. The number of alkyl halides is 3. The van der Waals surface area contributed by atoms with E-state index in [2.05, 4.69) is 20.6 Å². The minimum absolute atomic E-state index is 0.166. The summed E-state index contributed by atoms with van der Waals surface area (Å²) in [4.78, 5) is 6.99. The predicted molar refractivity (Wildman–Crippen MR) is 73.3 cm³/mol. The molecule has 1 atom stereocenters. The standard InChI is InChI=1S/C13H19F3N4O/c1-2-17-10-8-11(20-12(19-10)13(14,15)16)18-6-5-9-4-3-7-21-9/h8-9H,2-7H2,1H3,(H2,17,18,19,20). The Balaban J connectivity index is 2.00. The van der Waals surface area contributed by atoms with E-state index in [-0.39, 0.29) is 17.7 Å². The van der Waals surface area contributed by atoms with Gasteiger partial charge in [-0.05, 0) is 26.2 Å². The fourth-order valence-corrected chi connectivity index (χ4v) is 2.17. The van der Waals surface area contributed by atoms with E-state index in [1.165, 1.54) is 6.07 Å². The molecule has 0 aliphatic carbocycles. The molecule has 0 bridgehead atoms. The van der Waals surface area contributed by atoms with Gasteiger partial charge in [0.1, 0.15) is 11.6 Å². The average molecular weight is 304 g/mol. The fraction of sp³-hybridized carbons (Fsp3) is 0.692. The summed E-state index contributed by atoms with van der Waals surface area (Å²) in [6, 6.07) is 1.48. The largest absolute Gasteiger partial charge is 0.451 e. The third-order valence-corrected chi connectivity index (χ3v) is 3.13.